The summed E-state index contributed by atoms with van der Waals surface area (Å²) in [5.74, 6) is 4.85. The Morgan fingerprint density at radius 2 is 1.84 bits per heavy atom. The van der Waals surface area contributed by atoms with Crippen LogP contribution in [0.4, 0.5) is 5.69 Å². The molecule has 0 aliphatic carbocycles. The van der Waals surface area contributed by atoms with Crippen LogP contribution in [-0.2, 0) is 11.3 Å². The monoisotopic (exact) mass is 433 g/mol. The van der Waals surface area contributed by atoms with E-state index in [9.17, 15) is 19.7 Å². The van der Waals surface area contributed by atoms with Gasteiger partial charge in [0.05, 0.1) is 18.6 Å². The molecule has 0 aliphatic rings. The number of benzene rings is 2. The van der Waals surface area contributed by atoms with E-state index in [0.717, 1.165) is 17.2 Å². The second-order valence-corrected chi connectivity index (χ2v) is 13.9. The highest BCUT2D eigenvalue weighted by molar-refractivity contribution is 6.76. The summed E-state index contributed by atoms with van der Waals surface area (Å²) in [5.41, 5.74) is 2.25. The van der Waals surface area contributed by atoms with Gasteiger partial charge in [0.25, 0.3) is 17.4 Å². The molecule has 1 amide bonds. The van der Waals surface area contributed by atoms with Crippen LogP contribution in [0.25, 0.3) is 10.9 Å². The van der Waals surface area contributed by atoms with Crippen LogP contribution >= 0.6 is 0 Å². The number of hydrogen-bond acceptors (Lipinski definition) is 4. The largest absolute Gasteiger partial charge is 0.360 e. The van der Waals surface area contributed by atoms with E-state index in [1.807, 2.05) is 24.3 Å². The highest BCUT2D eigenvalue weighted by Crippen LogP contribution is 2.24. The maximum Gasteiger partial charge on any atom is 0.292 e. The minimum Gasteiger partial charge on any atom is -0.360 e. The Balaban J connectivity index is 1.64. The van der Waals surface area contributed by atoms with Gasteiger partial charge in [-0.15, -0.1) is 5.92 Å². The summed E-state index contributed by atoms with van der Waals surface area (Å²) >= 11 is 0. The van der Waals surface area contributed by atoms with Crippen LogP contribution in [-0.4, -0.2) is 29.7 Å². The fourth-order valence-electron chi connectivity index (χ4n) is 2.91. The Labute approximate surface area is 181 Å². The lowest BCUT2D eigenvalue weighted by molar-refractivity contribution is -0.384. The number of aromatic amines is 1. The number of nitro benzene ring substituents is 1. The van der Waals surface area contributed by atoms with Gasteiger partial charge in [0.1, 0.15) is 0 Å². The van der Waals surface area contributed by atoms with Gasteiger partial charge in [-0.1, -0.05) is 37.7 Å². The third-order valence-electron chi connectivity index (χ3n) is 4.59. The van der Waals surface area contributed by atoms with Gasteiger partial charge in [-0.2, -0.15) is 0 Å². The third-order valence-corrected chi connectivity index (χ3v) is 5.82. The molecule has 0 spiro atoms. The molecule has 2 aromatic carbocycles. The van der Waals surface area contributed by atoms with Crippen molar-refractivity contribution in [2.75, 3.05) is 0 Å². The number of fused-ring (bicyclic) bond motifs is 1. The van der Waals surface area contributed by atoms with Crippen molar-refractivity contribution in [3.05, 3.63) is 75.5 Å². The van der Waals surface area contributed by atoms with Gasteiger partial charge in [-0.05, 0) is 23.8 Å². The quantitative estimate of drug-likeness (QED) is 0.151. The molecule has 8 heteroatoms. The maximum atomic E-state index is 12.6. The fraction of sp³-hybridized carbons (Fsp3) is 0.217. The molecule has 0 saturated carbocycles. The van der Waals surface area contributed by atoms with Crippen LogP contribution in [0.5, 0.6) is 0 Å². The number of carbonyl (C=O) groups is 2. The summed E-state index contributed by atoms with van der Waals surface area (Å²) in [4.78, 5) is 38.2. The molecule has 0 unspecified atom stereocenters. The van der Waals surface area contributed by atoms with Crippen LogP contribution in [0.2, 0.25) is 25.7 Å². The Morgan fingerprint density at radius 3 is 2.48 bits per heavy atom. The minimum atomic E-state index is -1.20. The van der Waals surface area contributed by atoms with Crippen molar-refractivity contribution in [2.24, 2.45) is 0 Å². The number of Topliss-reactive ketones (excluding diaryl/α,β-unsaturated/α-hetero) is 1. The first-order valence-electron chi connectivity index (χ1n) is 9.80. The number of nitro groups is 1. The molecular formula is C23H23N3O4Si. The summed E-state index contributed by atoms with van der Waals surface area (Å²) in [6.07, 6.45) is 1.39. The zero-order valence-corrected chi connectivity index (χ0v) is 18.6. The number of H-pyrrole nitrogens is 1. The van der Waals surface area contributed by atoms with E-state index in [1.54, 1.807) is 0 Å². The molecule has 0 atom stereocenters. The van der Waals surface area contributed by atoms with E-state index >= 15 is 0 Å². The minimum absolute atomic E-state index is 0.101. The molecule has 0 radical (unpaired) electrons. The molecule has 1 heterocycles. The number of amides is 1. The lowest BCUT2D eigenvalue weighted by Gasteiger charge is -2.09. The van der Waals surface area contributed by atoms with E-state index in [0.29, 0.717) is 10.9 Å². The average Bonchev–Trinajstić information content (AvgIpc) is 3.14. The smallest absolute Gasteiger partial charge is 0.292 e. The highest BCUT2D eigenvalue weighted by Gasteiger charge is 2.21. The summed E-state index contributed by atoms with van der Waals surface area (Å²) in [5, 5.41) is 13.9. The zero-order valence-electron chi connectivity index (χ0n) is 17.6. The van der Waals surface area contributed by atoms with Gasteiger partial charge in [0, 0.05) is 47.4 Å². The second-order valence-electron chi connectivity index (χ2n) is 8.44. The number of carbonyl (C=O) groups excluding carboxylic acids is 2. The summed E-state index contributed by atoms with van der Waals surface area (Å²) in [7, 11) is -1.20. The molecule has 7 nitrogen and oxygen atoms in total. The molecule has 0 saturated heterocycles. The molecule has 31 heavy (non-hydrogen) atoms. The first kappa shape index (κ1) is 22.0. The number of hydrogen-bond donors (Lipinski definition) is 2. The van der Waals surface area contributed by atoms with Gasteiger partial charge >= 0.3 is 0 Å². The number of nitrogens with one attached hydrogen (secondary N) is 2. The van der Waals surface area contributed by atoms with Gasteiger partial charge < -0.3 is 10.3 Å². The van der Waals surface area contributed by atoms with Crippen LogP contribution in [0.15, 0.2) is 48.7 Å². The Bertz CT molecular complexity index is 1210. The van der Waals surface area contributed by atoms with Crippen molar-refractivity contribution in [3.63, 3.8) is 0 Å². The second kappa shape index (κ2) is 8.98. The number of ketones is 1. The van der Waals surface area contributed by atoms with E-state index in [2.05, 4.69) is 41.8 Å². The molecule has 3 aromatic rings. The molecular weight excluding hydrogens is 410 g/mol. The van der Waals surface area contributed by atoms with E-state index in [1.165, 1.54) is 24.4 Å². The van der Waals surface area contributed by atoms with Gasteiger partial charge in [0.2, 0.25) is 0 Å². The first-order chi connectivity index (χ1) is 14.6. The number of non-ortho nitro benzene ring substituents is 1. The Hall–Kier alpha value is -3.70. The predicted molar refractivity (Wildman–Crippen MR) is 123 cm³/mol. The highest BCUT2D eigenvalue weighted by atomic mass is 28.3. The Morgan fingerprint density at radius 1 is 1.13 bits per heavy atom. The van der Waals surface area contributed by atoms with E-state index < -0.39 is 24.7 Å². The molecule has 2 N–H and O–H groups in total. The van der Waals surface area contributed by atoms with Crippen LogP contribution in [0, 0.1) is 22.0 Å². The van der Waals surface area contributed by atoms with Crippen molar-refractivity contribution < 1.29 is 14.5 Å². The number of aromatic nitrogens is 1. The SMILES string of the molecule is C[Si](C)(C)CC#Cc1ccc(CNC(=O)C(=O)c2c[nH]c3ccc([N+](=O)[O-])cc23)cc1. The van der Waals surface area contributed by atoms with Crippen molar-refractivity contribution in [1.82, 2.24) is 10.3 Å². The van der Waals surface area contributed by atoms with E-state index in [-0.39, 0.29) is 17.8 Å². The molecule has 158 valence electrons. The Kier molecular flexibility index (Phi) is 6.37. The number of rotatable bonds is 6. The first-order valence-corrected chi connectivity index (χ1v) is 13.5. The van der Waals surface area contributed by atoms with Gasteiger partial charge in [0.15, 0.2) is 0 Å². The summed E-state index contributed by atoms with van der Waals surface area (Å²) < 4.78 is 0. The molecule has 0 fully saturated rings. The zero-order chi connectivity index (χ0) is 22.6. The van der Waals surface area contributed by atoms with E-state index in [4.69, 9.17) is 0 Å². The molecule has 3 rings (SSSR count). The summed E-state index contributed by atoms with van der Waals surface area (Å²) in [6, 6.07) is 12.6. The van der Waals surface area contributed by atoms with Crippen LogP contribution in [0.1, 0.15) is 21.5 Å². The van der Waals surface area contributed by atoms with Crippen molar-refractivity contribution in [2.45, 2.75) is 32.2 Å². The van der Waals surface area contributed by atoms with Crippen molar-refractivity contribution >= 4 is 36.4 Å². The lowest BCUT2D eigenvalue weighted by atomic mass is 10.1. The average molecular weight is 434 g/mol. The molecule has 0 aliphatic heterocycles. The maximum absolute atomic E-state index is 12.6. The standard InChI is InChI=1S/C23H23N3O4Si/c1-31(2,3)12-4-5-16-6-8-17(9-7-16)14-25-23(28)22(27)20-15-24-21-11-10-18(26(29)30)13-19(20)21/h6-11,13,15,24H,12,14H2,1-3H3,(H,25,28). The van der Waals surface area contributed by atoms with Gasteiger partial charge in [-0.3, -0.25) is 19.7 Å². The summed E-state index contributed by atoms with van der Waals surface area (Å²) in [6.45, 7) is 7.00. The molecule has 0 bridgehead atoms. The third kappa shape index (κ3) is 5.68. The van der Waals surface area contributed by atoms with Crippen LogP contribution < -0.4 is 5.32 Å². The van der Waals surface area contributed by atoms with Gasteiger partial charge in [-0.25, -0.2) is 0 Å². The van der Waals surface area contributed by atoms with Crippen molar-refractivity contribution in [1.29, 1.82) is 0 Å². The van der Waals surface area contributed by atoms with Crippen LogP contribution in [0.3, 0.4) is 0 Å². The van der Waals surface area contributed by atoms with Crippen molar-refractivity contribution in [3.8, 4) is 11.8 Å². The molecule has 1 aromatic heterocycles. The predicted octanol–water partition coefficient (Wildman–Crippen LogP) is 4.26. The lowest BCUT2D eigenvalue weighted by Crippen LogP contribution is -2.30. The normalized spacial score (nSPS) is 10.9. The topological polar surface area (TPSA) is 105 Å². The number of nitrogens with zero attached hydrogens (tertiary/aromatic N) is 1. The fourth-order valence-corrected chi connectivity index (χ4v) is 3.53.